The number of anilines is 2. The predicted octanol–water partition coefficient (Wildman–Crippen LogP) is 2.31. The lowest BCUT2D eigenvalue weighted by atomic mass is 9.99. The van der Waals surface area contributed by atoms with Gasteiger partial charge < -0.3 is 10.6 Å². The van der Waals surface area contributed by atoms with Crippen molar-refractivity contribution in [1.29, 1.82) is 0 Å². The van der Waals surface area contributed by atoms with Crippen LogP contribution in [0, 0.1) is 12.7 Å². The van der Waals surface area contributed by atoms with Crippen LogP contribution in [0.2, 0.25) is 0 Å². The SMILES string of the molecule is Cc1ncnc(Nc2cccc3c2CCNC3)c1F. The van der Waals surface area contributed by atoms with Crippen molar-refractivity contribution >= 4 is 11.5 Å². The molecule has 0 spiro atoms. The smallest absolute Gasteiger partial charge is 0.186 e. The van der Waals surface area contributed by atoms with E-state index in [9.17, 15) is 4.39 Å². The van der Waals surface area contributed by atoms with Gasteiger partial charge in [0.2, 0.25) is 0 Å². The van der Waals surface area contributed by atoms with Gasteiger partial charge >= 0.3 is 0 Å². The summed E-state index contributed by atoms with van der Waals surface area (Å²) in [5.41, 5.74) is 3.76. The summed E-state index contributed by atoms with van der Waals surface area (Å²) in [6.07, 6.45) is 2.31. The van der Waals surface area contributed by atoms with Crippen molar-refractivity contribution in [3.8, 4) is 0 Å². The first kappa shape index (κ1) is 12.0. The lowest BCUT2D eigenvalue weighted by Crippen LogP contribution is -2.24. The van der Waals surface area contributed by atoms with Crippen LogP contribution in [0.1, 0.15) is 16.8 Å². The standard InChI is InChI=1S/C14H15FN4/c1-9-13(15)14(18-8-17-9)19-12-4-2-3-10-7-16-6-5-11(10)12/h2-4,8,16H,5-7H2,1H3,(H,17,18,19). The third-order valence-corrected chi connectivity index (χ3v) is 3.36. The van der Waals surface area contributed by atoms with Crippen LogP contribution >= 0.6 is 0 Å². The molecule has 19 heavy (non-hydrogen) atoms. The van der Waals surface area contributed by atoms with Crippen LogP contribution in [0.4, 0.5) is 15.9 Å². The Balaban J connectivity index is 1.97. The Morgan fingerprint density at radius 1 is 1.32 bits per heavy atom. The van der Waals surface area contributed by atoms with Crippen LogP contribution in [-0.2, 0) is 13.0 Å². The van der Waals surface area contributed by atoms with Gasteiger partial charge in [0.1, 0.15) is 6.33 Å². The molecular weight excluding hydrogens is 243 g/mol. The number of nitrogens with zero attached hydrogens (tertiary/aromatic N) is 2. The number of fused-ring (bicyclic) bond motifs is 1. The number of aromatic nitrogens is 2. The lowest BCUT2D eigenvalue weighted by molar-refractivity contribution is 0.606. The summed E-state index contributed by atoms with van der Waals surface area (Å²) < 4.78 is 13.9. The van der Waals surface area contributed by atoms with Gasteiger partial charge in [-0.05, 0) is 37.1 Å². The molecule has 98 valence electrons. The number of aryl methyl sites for hydroxylation is 1. The highest BCUT2D eigenvalue weighted by molar-refractivity contribution is 5.63. The maximum absolute atomic E-state index is 13.9. The van der Waals surface area contributed by atoms with Crippen molar-refractivity contribution in [2.24, 2.45) is 0 Å². The van der Waals surface area contributed by atoms with E-state index in [0.29, 0.717) is 5.69 Å². The molecule has 0 radical (unpaired) electrons. The van der Waals surface area contributed by atoms with Crippen LogP contribution < -0.4 is 10.6 Å². The van der Waals surface area contributed by atoms with Gasteiger partial charge in [0, 0.05) is 12.2 Å². The largest absolute Gasteiger partial charge is 0.337 e. The van der Waals surface area contributed by atoms with E-state index in [1.165, 1.54) is 17.5 Å². The highest BCUT2D eigenvalue weighted by atomic mass is 19.1. The second-order valence-corrected chi connectivity index (χ2v) is 4.62. The Kier molecular flexibility index (Phi) is 3.13. The van der Waals surface area contributed by atoms with Gasteiger partial charge in [-0.15, -0.1) is 0 Å². The molecular formula is C14H15FN4. The van der Waals surface area contributed by atoms with Gasteiger partial charge in [-0.25, -0.2) is 14.4 Å². The Hall–Kier alpha value is -2.01. The molecule has 0 saturated heterocycles. The summed E-state index contributed by atoms with van der Waals surface area (Å²) in [6, 6.07) is 6.02. The number of rotatable bonds is 2. The van der Waals surface area contributed by atoms with E-state index < -0.39 is 5.82 Å². The average Bonchev–Trinajstić information content (AvgIpc) is 2.44. The molecule has 2 aromatic rings. The first-order valence-corrected chi connectivity index (χ1v) is 6.31. The number of halogens is 1. The number of nitrogens with one attached hydrogen (secondary N) is 2. The van der Waals surface area contributed by atoms with Gasteiger partial charge in [0.05, 0.1) is 5.69 Å². The molecule has 0 saturated carbocycles. The second kappa shape index (κ2) is 4.93. The Bertz CT molecular complexity index is 612. The summed E-state index contributed by atoms with van der Waals surface area (Å²) in [4.78, 5) is 7.80. The first-order chi connectivity index (χ1) is 9.25. The van der Waals surface area contributed by atoms with Crippen LogP contribution in [0.3, 0.4) is 0 Å². The maximum Gasteiger partial charge on any atom is 0.186 e. The van der Waals surface area contributed by atoms with E-state index >= 15 is 0 Å². The Morgan fingerprint density at radius 2 is 2.21 bits per heavy atom. The molecule has 0 atom stereocenters. The van der Waals surface area contributed by atoms with Crippen molar-refractivity contribution in [1.82, 2.24) is 15.3 Å². The van der Waals surface area contributed by atoms with E-state index in [1.807, 2.05) is 12.1 Å². The molecule has 0 unspecified atom stereocenters. The summed E-state index contributed by atoms with van der Waals surface area (Å²) in [7, 11) is 0. The van der Waals surface area contributed by atoms with Crippen molar-refractivity contribution in [3.63, 3.8) is 0 Å². The fraction of sp³-hybridized carbons (Fsp3) is 0.286. The number of hydrogen-bond donors (Lipinski definition) is 2. The van der Waals surface area contributed by atoms with E-state index in [2.05, 4.69) is 26.7 Å². The lowest BCUT2D eigenvalue weighted by Gasteiger charge is -2.21. The minimum Gasteiger partial charge on any atom is -0.337 e. The Labute approximate surface area is 111 Å². The van der Waals surface area contributed by atoms with E-state index in [-0.39, 0.29) is 5.82 Å². The molecule has 1 aromatic carbocycles. The van der Waals surface area contributed by atoms with Crippen LogP contribution in [0.25, 0.3) is 0 Å². The van der Waals surface area contributed by atoms with E-state index in [4.69, 9.17) is 0 Å². The van der Waals surface area contributed by atoms with Gasteiger partial charge in [-0.3, -0.25) is 0 Å². The van der Waals surface area contributed by atoms with Crippen molar-refractivity contribution in [3.05, 3.63) is 47.2 Å². The molecule has 2 N–H and O–H groups in total. The summed E-state index contributed by atoms with van der Waals surface area (Å²) in [6.45, 7) is 3.43. The van der Waals surface area contributed by atoms with Crippen LogP contribution in [-0.4, -0.2) is 16.5 Å². The van der Waals surface area contributed by atoms with Gasteiger partial charge in [0.15, 0.2) is 11.6 Å². The first-order valence-electron chi connectivity index (χ1n) is 6.31. The molecule has 5 heteroatoms. The molecule has 3 rings (SSSR count). The average molecular weight is 258 g/mol. The topological polar surface area (TPSA) is 49.8 Å². The molecule has 0 aliphatic carbocycles. The minimum absolute atomic E-state index is 0.236. The van der Waals surface area contributed by atoms with E-state index in [0.717, 1.165) is 25.2 Å². The summed E-state index contributed by atoms with van der Waals surface area (Å²) in [5, 5.41) is 6.41. The molecule has 0 bridgehead atoms. The minimum atomic E-state index is -0.394. The van der Waals surface area contributed by atoms with Gasteiger partial charge in [-0.1, -0.05) is 12.1 Å². The van der Waals surface area contributed by atoms with E-state index in [1.54, 1.807) is 6.92 Å². The molecule has 4 nitrogen and oxygen atoms in total. The predicted molar refractivity (Wildman–Crippen MR) is 71.9 cm³/mol. The Morgan fingerprint density at radius 3 is 3.11 bits per heavy atom. The van der Waals surface area contributed by atoms with Crippen LogP contribution in [0.5, 0.6) is 0 Å². The molecule has 1 aromatic heterocycles. The maximum atomic E-state index is 13.9. The zero-order valence-corrected chi connectivity index (χ0v) is 10.7. The zero-order valence-electron chi connectivity index (χ0n) is 10.7. The summed E-state index contributed by atoms with van der Waals surface area (Å²) in [5.74, 6) is -0.159. The zero-order chi connectivity index (χ0) is 13.2. The highest BCUT2D eigenvalue weighted by Crippen LogP contribution is 2.26. The summed E-state index contributed by atoms with van der Waals surface area (Å²) >= 11 is 0. The van der Waals surface area contributed by atoms with Crippen molar-refractivity contribution in [2.45, 2.75) is 19.9 Å². The molecule has 0 fully saturated rings. The molecule has 1 aliphatic heterocycles. The van der Waals surface area contributed by atoms with Crippen molar-refractivity contribution < 1.29 is 4.39 Å². The molecule has 2 heterocycles. The molecule has 0 amide bonds. The highest BCUT2D eigenvalue weighted by Gasteiger charge is 2.14. The number of hydrogen-bond acceptors (Lipinski definition) is 4. The normalized spacial score (nSPS) is 14.0. The number of benzene rings is 1. The third kappa shape index (κ3) is 2.29. The monoisotopic (exact) mass is 258 g/mol. The van der Waals surface area contributed by atoms with Gasteiger partial charge in [0.25, 0.3) is 0 Å². The fourth-order valence-electron chi connectivity index (χ4n) is 2.32. The second-order valence-electron chi connectivity index (χ2n) is 4.62. The fourth-order valence-corrected chi connectivity index (χ4v) is 2.32. The van der Waals surface area contributed by atoms with Gasteiger partial charge in [-0.2, -0.15) is 0 Å². The van der Waals surface area contributed by atoms with Crippen molar-refractivity contribution in [2.75, 3.05) is 11.9 Å². The molecule has 1 aliphatic rings. The third-order valence-electron chi connectivity index (χ3n) is 3.36. The van der Waals surface area contributed by atoms with Crippen LogP contribution in [0.15, 0.2) is 24.5 Å². The quantitative estimate of drug-likeness (QED) is 0.868.